The van der Waals surface area contributed by atoms with E-state index >= 15 is 0 Å². The topological polar surface area (TPSA) is 42.7 Å². The largest absolute Gasteiger partial charge is 0.404 e. The fraction of sp³-hybridized carbons (Fsp3) is 0.429. The smallest absolute Gasteiger partial charge is 0.302 e. The molecule has 0 aliphatic heterocycles. The molecule has 0 saturated heterocycles. The molecule has 2 rings (SSSR count). The normalized spacial score (nSPS) is 13.4. The summed E-state index contributed by atoms with van der Waals surface area (Å²) in [7, 11) is 1.76. The molecular formula is C14H17F3N4. The molecule has 1 N–H and O–H groups in total. The Kier molecular flexibility index (Phi) is 4.62. The Bertz CT molecular complexity index is 578. The summed E-state index contributed by atoms with van der Waals surface area (Å²) in [6.07, 6.45) is 0.148. The van der Waals surface area contributed by atoms with Gasteiger partial charge in [-0.2, -0.15) is 18.3 Å². The number of hydrogen-bond acceptors (Lipinski definition) is 3. The van der Waals surface area contributed by atoms with Gasteiger partial charge in [0.1, 0.15) is 6.04 Å². The summed E-state index contributed by atoms with van der Waals surface area (Å²) in [4.78, 5) is 3.81. The molecule has 4 nitrogen and oxygen atoms in total. The van der Waals surface area contributed by atoms with E-state index in [-0.39, 0.29) is 13.0 Å². The zero-order valence-corrected chi connectivity index (χ0v) is 11.9. The van der Waals surface area contributed by atoms with Gasteiger partial charge >= 0.3 is 6.18 Å². The Balaban J connectivity index is 2.05. The molecular weight excluding hydrogens is 281 g/mol. The van der Waals surface area contributed by atoms with Gasteiger partial charge in [-0.05, 0) is 31.0 Å². The van der Waals surface area contributed by atoms with Crippen molar-refractivity contribution in [1.29, 1.82) is 0 Å². The van der Waals surface area contributed by atoms with E-state index in [0.717, 1.165) is 11.3 Å². The van der Waals surface area contributed by atoms with Gasteiger partial charge in [-0.1, -0.05) is 0 Å². The monoisotopic (exact) mass is 298 g/mol. The van der Waals surface area contributed by atoms with Crippen LogP contribution in [0.5, 0.6) is 0 Å². The molecule has 21 heavy (non-hydrogen) atoms. The van der Waals surface area contributed by atoms with Crippen molar-refractivity contribution in [1.82, 2.24) is 20.1 Å². The van der Waals surface area contributed by atoms with Gasteiger partial charge in [0.2, 0.25) is 0 Å². The molecule has 0 amide bonds. The maximum Gasteiger partial charge on any atom is 0.404 e. The molecule has 0 radical (unpaired) electrons. The van der Waals surface area contributed by atoms with Crippen LogP contribution in [0.2, 0.25) is 0 Å². The maximum absolute atomic E-state index is 13.1. The quantitative estimate of drug-likeness (QED) is 0.921. The van der Waals surface area contributed by atoms with Crippen molar-refractivity contribution in [2.45, 2.75) is 32.1 Å². The third-order valence-electron chi connectivity index (χ3n) is 3.46. The van der Waals surface area contributed by atoms with Crippen LogP contribution in [0.3, 0.4) is 0 Å². The summed E-state index contributed by atoms with van der Waals surface area (Å²) in [5, 5.41) is 6.61. The minimum absolute atomic E-state index is 0.120. The molecule has 0 fully saturated rings. The van der Waals surface area contributed by atoms with Gasteiger partial charge in [0.25, 0.3) is 0 Å². The van der Waals surface area contributed by atoms with Gasteiger partial charge in [0.15, 0.2) is 0 Å². The predicted octanol–water partition coefficient (Wildman–Crippen LogP) is 2.39. The summed E-state index contributed by atoms with van der Waals surface area (Å²) >= 11 is 0. The maximum atomic E-state index is 13.1. The predicted molar refractivity (Wildman–Crippen MR) is 72.6 cm³/mol. The number of pyridine rings is 1. The first-order valence-corrected chi connectivity index (χ1v) is 6.54. The van der Waals surface area contributed by atoms with E-state index in [1.54, 1.807) is 30.1 Å². The molecule has 7 heteroatoms. The zero-order chi connectivity index (χ0) is 15.5. The van der Waals surface area contributed by atoms with Crippen molar-refractivity contribution in [3.63, 3.8) is 0 Å². The lowest BCUT2D eigenvalue weighted by Crippen LogP contribution is -2.43. The Morgan fingerprint density at radius 1 is 1.29 bits per heavy atom. The van der Waals surface area contributed by atoms with Crippen LogP contribution >= 0.6 is 0 Å². The first kappa shape index (κ1) is 15.5. The molecule has 1 unspecified atom stereocenters. The Morgan fingerprint density at radius 3 is 2.48 bits per heavy atom. The minimum Gasteiger partial charge on any atom is -0.302 e. The van der Waals surface area contributed by atoms with Crippen LogP contribution in [0.1, 0.15) is 16.8 Å². The highest BCUT2D eigenvalue weighted by molar-refractivity contribution is 5.16. The first-order valence-electron chi connectivity index (χ1n) is 6.54. The number of halogens is 3. The fourth-order valence-electron chi connectivity index (χ4n) is 2.01. The summed E-state index contributed by atoms with van der Waals surface area (Å²) < 4.78 is 41.0. The standard InChI is InChI=1S/C14H17F3N4/c1-10-12(9-20-21(10)2)8-19-13(14(15,16)17)7-11-3-5-18-6-4-11/h3-6,9,13,19H,7-8H2,1-2H3. The molecule has 2 heterocycles. The fourth-order valence-corrected chi connectivity index (χ4v) is 2.01. The Labute approximate surface area is 121 Å². The Morgan fingerprint density at radius 2 is 1.95 bits per heavy atom. The highest BCUT2D eigenvalue weighted by Gasteiger charge is 2.39. The SMILES string of the molecule is Cc1c(CNC(Cc2ccncc2)C(F)(F)F)cnn1C. The van der Waals surface area contributed by atoms with E-state index in [1.165, 1.54) is 12.4 Å². The van der Waals surface area contributed by atoms with Gasteiger partial charge in [0.05, 0.1) is 6.20 Å². The summed E-state index contributed by atoms with van der Waals surface area (Å²) in [5.41, 5.74) is 2.22. The molecule has 1 atom stereocenters. The Hall–Kier alpha value is -1.89. The van der Waals surface area contributed by atoms with Crippen molar-refractivity contribution in [2.75, 3.05) is 0 Å². The number of nitrogens with one attached hydrogen (secondary N) is 1. The van der Waals surface area contributed by atoms with E-state index in [4.69, 9.17) is 0 Å². The third kappa shape index (κ3) is 4.04. The highest BCUT2D eigenvalue weighted by Crippen LogP contribution is 2.23. The van der Waals surface area contributed by atoms with E-state index < -0.39 is 12.2 Å². The van der Waals surface area contributed by atoms with Crippen LogP contribution in [0.15, 0.2) is 30.7 Å². The summed E-state index contributed by atoms with van der Waals surface area (Å²) in [5.74, 6) is 0. The number of alkyl halides is 3. The molecule has 2 aromatic heterocycles. The van der Waals surface area contributed by atoms with Crippen molar-refractivity contribution >= 4 is 0 Å². The van der Waals surface area contributed by atoms with Gasteiger partial charge < -0.3 is 5.32 Å². The lowest BCUT2D eigenvalue weighted by molar-refractivity contribution is -0.155. The number of aryl methyl sites for hydroxylation is 1. The molecule has 0 saturated carbocycles. The van der Waals surface area contributed by atoms with Crippen molar-refractivity contribution in [2.24, 2.45) is 7.05 Å². The van der Waals surface area contributed by atoms with Gasteiger partial charge in [-0.15, -0.1) is 0 Å². The first-order chi connectivity index (χ1) is 9.88. The van der Waals surface area contributed by atoms with E-state index in [1.807, 2.05) is 6.92 Å². The van der Waals surface area contributed by atoms with Crippen molar-refractivity contribution in [3.05, 3.63) is 47.5 Å². The molecule has 0 bridgehead atoms. The van der Waals surface area contributed by atoms with E-state index in [2.05, 4.69) is 15.4 Å². The van der Waals surface area contributed by atoms with Crippen molar-refractivity contribution in [3.8, 4) is 0 Å². The van der Waals surface area contributed by atoms with Gasteiger partial charge in [-0.25, -0.2) is 0 Å². The van der Waals surface area contributed by atoms with E-state index in [0.29, 0.717) is 5.56 Å². The minimum atomic E-state index is -4.31. The molecule has 0 aliphatic carbocycles. The molecule has 0 aliphatic rings. The highest BCUT2D eigenvalue weighted by atomic mass is 19.4. The third-order valence-corrected chi connectivity index (χ3v) is 3.46. The van der Waals surface area contributed by atoms with Crippen LogP contribution in [0.4, 0.5) is 13.2 Å². The van der Waals surface area contributed by atoms with Gasteiger partial charge in [0, 0.05) is 37.2 Å². The molecule has 2 aromatic rings. The second-order valence-electron chi connectivity index (χ2n) is 4.91. The van der Waals surface area contributed by atoms with Gasteiger partial charge in [-0.3, -0.25) is 9.67 Å². The second kappa shape index (κ2) is 6.26. The second-order valence-corrected chi connectivity index (χ2v) is 4.91. The zero-order valence-electron chi connectivity index (χ0n) is 11.9. The lowest BCUT2D eigenvalue weighted by Gasteiger charge is -2.21. The van der Waals surface area contributed by atoms with Crippen LogP contribution < -0.4 is 5.32 Å². The summed E-state index contributed by atoms with van der Waals surface area (Å²) in [6, 6.07) is 1.59. The molecule has 114 valence electrons. The molecule has 0 aromatic carbocycles. The van der Waals surface area contributed by atoms with Crippen molar-refractivity contribution < 1.29 is 13.2 Å². The lowest BCUT2D eigenvalue weighted by atomic mass is 10.1. The number of nitrogens with zero attached hydrogens (tertiary/aromatic N) is 3. The number of hydrogen-bond donors (Lipinski definition) is 1. The number of aromatic nitrogens is 3. The average molecular weight is 298 g/mol. The van der Waals surface area contributed by atoms with Crippen LogP contribution in [0, 0.1) is 6.92 Å². The van der Waals surface area contributed by atoms with Crippen LogP contribution in [0.25, 0.3) is 0 Å². The molecule has 0 spiro atoms. The van der Waals surface area contributed by atoms with E-state index in [9.17, 15) is 13.2 Å². The van der Waals surface area contributed by atoms with Crippen LogP contribution in [-0.4, -0.2) is 27.0 Å². The van der Waals surface area contributed by atoms with Crippen LogP contribution in [-0.2, 0) is 20.0 Å². The average Bonchev–Trinajstić information content (AvgIpc) is 2.75. The number of rotatable bonds is 5. The summed E-state index contributed by atoms with van der Waals surface area (Å²) in [6.45, 7) is 1.96.